The number of aliphatic hydroxyl groups is 1. The fourth-order valence-corrected chi connectivity index (χ4v) is 3.40. The average Bonchev–Trinajstić information content (AvgIpc) is 3.01. The number of benzene rings is 1. The van der Waals surface area contributed by atoms with Crippen LogP contribution in [0.2, 0.25) is 0 Å². The summed E-state index contributed by atoms with van der Waals surface area (Å²) in [5.41, 5.74) is 3.37. The van der Waals surface area contributed by atoms with Crippen LogP contribution in [0.25, 0.3) is 10.9 Å². The third-order valence-electron chi connectivity index (χ3n) is 5.12. The van der Waals surface area contributed by atoms with Crippen molar-refractivity contribution in [3.05, 3.63) is 35.5 Å². The van der Waals surface area contributed by atoms with Crippen molar-refractivity contribution < 1.29 is 5.11 Å². The molecule has 1 aliphatic carbocycles. The number of fused-ring (bicyclic) bond motifs is 1. The number of aliphatic imine (C=N–C) groups is 1. The van der Waals surface area contributed by atoms with Gasteiger partial charge in [-0.25, -0.2) is 0 Å². The molecular weight excluding hydrogens is 312 g/mol. The summed E-state index contributed by atoms with van der Waals surface area (Å²) >= 11 is 0. The van der Waals surface area contributed by atoms with Crippen LogP contribution in [0.1, 0.15) is 44.2 Å². The van der Waals surface area contributed by atoms with Gasteiger partial charge in [-0.15, -0.1) is 0 Å². The maximum atomic E-state index is 10.2. The number of hydrogen-bond acceptors (Lipinski definition) is 2. The van der Waals surface area contributed by atoms with Crippen molar-refractivity contribution in [3.8, 4) is 0 Å². The maximum absolute atomic E-state index is 10.2. The minimum absolute atomic E-state index is 0.481. The number of nitrogens with one attached hydrogen (secondary N) is 3. The Labute approximate surface area is 149 Å². The summed E-state index contributed by atoms with van der Waals surface area (Å²) in [6.45, 7) is 6.35. The zero-order valence-electron chi connectivity index (χ0n) is 15.4. The molecule has 3 rings (SSSR count). The molecule has 0 saturated heterocycles. The molecule has 2 aromatic rings. The summed E-state index contributed by atoms with van der Waals surface area (Å²) in [6, 6.07) is 6.50. The Hall–Kier alpha value is -2.01. The molecule has 1 fully saturated rings. The smallest absolute Gasteiger partial charge is 0.191 e. The molecule has 1 saturated carbocycles. The van der Waals surface area contributed by atoms with E-state index in [2.05, 4.69) is 58.9 Å². The monoisotopic (exact) mass is 342 g/mol. The third-order valence-corrected chi connectivity index (χ3v) is 5.12. The number of rotatable bonds is 7. The number of aromatic amines is 1. The highest BCUT2D eigenvalue weighted by atomic mass is 16.3. The van der Waals surface area contributed by atoms with E-state index in [4.69, 9.17) is 0 Å². The minimum Gasteiger partial charge on any atom is -0.388 e. The lowest BCUT2D eigenvalue weighted by atomic mass is 9.80. The summed E-state index contributed by atoms with van der Waals surface area (Å²) in [7, 11) is 0. The Kier molecular flexibility index (Phi) is 5.63. The lowest BCUT2D eigenvalue weighted by Crippen LogP contribution is -2.43. The third kappa shape index (κ3) is 4.15. The zero-order chi connectivity index (χ0) is 17.7. The SMILES string of the molecule is CCNC(=NCC1(O)CCC1)NCCc1c[nH]c2c(CC)cccc12. The molecule has 0 spiro atoms. The van der Waals surface area contributed by atoms with Crippen molar-refractivity contribution in [1.82, 2.24) is 15.6 Å². The number of aromatic nitrogens is 1. The zero-order valence-corrected chi connectivity index (χ0v) is 15.4. The highest BCUT2D eigenvalue weighted by Gasteiger charge is 2.34. The average molecular weight is 342 g/mol. The molecule has 0 bridgehead atoms. The molecule has 0 amide bonds. The van der Waals surface area contributed by atoms with Crippen LogP contribution < -0.4 is 10.6 Å². The topological polar surface area (TPSA) is 72.4 Å². The predicted octanol–water partition coefficient (Wildman–Crippen LogP) is 2.74. The summed E-state index contributed by atoms with van der Waals surface area (Å²) in [6.07, 6.45) is 6.93. The summed E-state index contributed by atoms with van der Waals surface area (Å²) in [4.78, 5) is 7.98. The quantitative estimate of drug-likeness (QED) is 0.462. The van der Waals surface area contributed by atoms with Gasteiger partial charge in [-0.1, -0.05) is 25.1 Å². The number of nitrogens with zero attached hydrogens (tertiary/aromatic N) is 1. The fraction of sp³-hybridized carbons (Fsp3) is 0.550. The van der Waals surface area contributed by atoms with Gasteiger partial charge in [-0.3, -0.25) is 4.99 Å². The summed E-state index contributed by atoms with van der Waals surface area (Å²) in [5.74, 6) is 0.789. The first-order valence-corrected chi connectivity index (χ1v) is 9.47. The van der Waals surface area contributed by atoms with Crippen LogP contribution in [0.15, 0.2) is 29.4 Å². The lowest BCUT2D eigenvalue weighted by Gasteiger charge is -2.35. The van der Waals surface area contributed by atoms with Crippen LogP contribution in [0.5, 0.6) is 0 Å². The number of H-pyrrole nitrogens is 1. The van der Waals surface area contributed by atoms with Gasteiger partial charge in [-0.05, 0) is 50.2 Å². The molecule has 0 aliphatic heterocycles. The first-order chi connectivity index (χ1) is 12.1. The van der Waals surface area contributed by atoms with Gasteiger partial charge in [-0.2, -0.15) is 0 Å². The van der Waals surface area contributed by atoms with E-state index in [1.807, 2.05) is 0 Å². The van der Waals surface area contributed by atoms with E-state index in [-0.39, 0.29) is 0 Å². The molecular formula is C20H30N4O. The highest BCUT2D eigenvalue weighted by molar-refractivity contribution is 5.86. The second-order valence-electron chi connectivity index (χ2n) is 6.96. The maximum Gasteiger partial charge on any atom is 0.191 e. The number of guanidine groups is 1. The van der Waals surface area contributed by atoms with Gasteiger partial charge in [0.2, 0.25) is 0 Å². The molecule has 1 heterocycles. The first-order valence-electron chi connectivity index (χ1n) is 9.47. The molecule has 0 unspecified atom stereocenters. The predicted molar refractivity (Wildman–Crippen MR) is 104 cm³/mol. The van der Waals surface area contributed by atoms with E-state index < -0.39 is 5.60 Å². The Morgan fingerprint density at radius 1 is 1.24 bits per heavy atom. The van der Waals surface area contributed by atoms with Gasteiger partial charge in [0.1, 0.15) is 0 Å². The minimum atomic E-state index is -0.574. The van der Waals surface area contributed by atoms with Crippen LogP contribution in [0.4, 0.5) is 0 Å². The van der Waals surface area contributed by atoms with Crippen LogP contribution in [-0.4, -0.2) is 41.3 Å². The van der Waals surface area contributed by atoms with Gasteiger partial charge in [0.15, 0.2) is 5.96 Å². The van der Waals surface area contributed by atoms with Gasteiger partial charge < -0.3 is 20.7 Å². The Bertz CT molecular complexity index is 730. The van der Waals surface area contributed by atoms with Crippen LogP contribution >= 0.6 is 0 Å². The molecule has 5 nitrogen and oxygen atoms in total. The molecule has 1 aliphatic rings. The van der Waals surface area contributed by atoms with Crippen molar-refractivity contribution in [2.45, 2.75) is 51.6 Å². The largest absolute Gasteiger partial charge is 0.388 e. The molecule has 25 heavy (non-hydrogen) atoms. The van der Waals surface area contributed by atoms with E-state index in [1.54, 1.807) is 0 Å². The van der Waals surface area contributed by atoms with E-state index in [0.717, 1.165) is 51.2 Å². The van der Waals surface area contributed by atoms with Crippen molar-refractivity contribution in [2.24, 2.45) is 4.99 Å². The van der Waals surface area contributed by atoms with Crippen molar-refractivity contribution in [2.75, 3.05) is 19.6 Å². The second kappa shape index (κ2) is 7.91. The molecule has 5 heteroatoms. The molecule has 0 atom stereocenters. The normalized spacial score (nSPS) is 16.7. The summed E-state index contributed by atoms with van der Waals surface area (Å²) in [5, 5.41) is 18.2. The van der Waals surface area contributed by atoms with E-state index in [1.165, 1.54) is 22.0 Å². The van der Waals surface area contributed by atoms with Crippen LogP contribution in [0.3, 0.4) is 0 Å². The van der Waals surface area contributed by atoms with Crippen molar-refractivity contribution >= 4 is 16.9 Å². The number of aryl methyl sites for hydroxylation is 1. The van der Waals surface area contributed by atoms with E-state index in [9.17, 15) is 5.11 Å². The van der Waals surface area contributed by atoms with E-state index in [0.29, 0.717) is 6.54 Å². The summed E-state index contributed by atoms with van der Waals surface area (Å²) < 4.78 is 0. The van der Waals surface area contributed by atoms with Crippen molar-refractivity contribution in [3.63, 3.8) is 0 Å². The number of para-hydroxylation sites is 1. The van der Waals surface area contributed by atoms with E-state index >= 15 is 0 Å². The first kappa shape index (κ1) is 17.8. The standard InChI is InChI=1S/C20H30N4O/c1-3-15-7-5-8-17-16(13-23-18(15)17)9-12-22-19(21-4-2)24-14-20(25)10-6-11-20/h5,7-8,13,23,25H,3-4,6,9-12,14H2,1-2H3,(H2,21,22,24). The second-order valence-corrected chi connectivity index (χ2v) is 6.96. The Morgan fingerprint density at radius 2 is 2.08 bits per heavy atom. The fourth-order valence-electron chi connectivity index (χ4n) is 3.40. The molecule has 1 aromatic heterocycles. The van der Waals surface area contributed by atoms with Crippen LogP contribution in [-0.2, 0) is 12.8 Å². The van der Waals surface area contributed by atoms with Gasteiger partial charge in [0.05, 0.1) is 12.1 Å². The van der Waals surface area contributed by atoms with Gasteiger partial charge in [0.25, 0.3) is 0 Å². The number of hydrogen-bond donors (Lipinski definition) is 4. The Morgan fingerprint density at radius 3 is 2.76 bits per heavy atom. The highest BCUT2D eigenvalue weighted by Crippen LogP contribution is 2.31. The molecule has 0 radical (unpaired) electrons. The lowest BCUT2D eigenvalue weighted by molar-refractivity contribution is -0.0236. The van der Waals surface area contributed by atoms with Crippen LogP contribution in [0, 0.1) is 0 Å². The van der Waals surface area contributed by atoms with Crippen molar-refractivity contribution in [1.29, 1.82) is 0 Å². The van der Waals surface area contributed by atoms with Gasteiger partial charge in [0, 0.05) is 30.2 Å². The molecule has 4 N–H and O–H groups in total. The Balaban J connectivity index is 1.59. The molecule has 1 aromatic carbocycles. The van der Waals surface area contributed by atoms with Gasteiger partial charge >= 0.3 is 0 Å². The molecule has 136 valence electrons.